The van der Waals surface area contributed by atoms with E-state index in [9.17, 15) is 4.79 Å². The number of esters is 1. The van der Waals surface area contributed by atoms with E-state index in [1.54, 1.807) is 13.2 Å². The Labute approximate surface area is 88.8 Å². The van der Waals surface area contributed by atoms with Crippen LogP contribution in [-0.2, 0) is 20.7 Å². The normalized spacial score (nSPS) is 9.73. The number of hydrogen-bond acceptors (Lipinski definition) is 4. The third kappa shape index (κ3) is 3.59. The molecule has 1 aromatic carbocycles. The van der Waals surface area contributed by atoms with Gasteiger partial charge in [0.15, 0.2) is 6.79 Å². The van der Waals surface area contributed by atoms with E-state index >= 15 is 0 Å². The Balaban J connectivity index is 2.72. The average molecular weight is 210 g/mol. The van der Waals surface area contributed by atoms with E-state index < -0.39 is 0 Å². The lowest BCUT2D eigenvalue weighted by Gasteiger charge is -2.09. The zero-order valence-electron chi connectivity index (χ0n) is 8.86. The molecule has 0 aliphatic heterocycles. The molecule has 0 bridgehead atoms. The highest BCUT2D eigenvalue weighted by Gasteiger charge is 2.08. The van der Waals surface area contributed by atoms with E-state index in [-0.39, 0.29) is 19.2 Å². The lowest BCUT2D eigenvalue weighted by atomic mass is 10.1. The number of carbonyl (C=O) groups excluding carboxylic acids is 1. The molecule has 4 nitrogen and oxygen atoms in total. The number of ether oxygens (including phenoxy) is 3. The van der Waals surface area contributed by atoms with E-state index in [0.29, 0.717) is 5.75 Å². The summed E-state index contributed by atoms with van der Waals surface area (Å²) in [6, 6.07) is 7.29. The van der Waals surface area contributed by atoms with Crippen LogP contribution in [0.3, 0.4) is 0 Å². The van der Waals surface area contributed by atoms with E-state index in [4.69, 9.17) is 9.47 Å². The number of rotatable bonds is 5. The van der Waals surface area contributed by atoms with Gasteiger partial charge in [0.05, 0.1) is 13.5 Å². The maximum Gasteiger partial charge on any atom is 0.310 e. The summed E-state index contributed by atoms with van der Waals surface area (Å²) >= 11 is 0. The Hall–Kier alpha value is -1.55. The van der Waals surface area contributed by atoms with Crippen molar-refractivity contribution >= 4 is 5.97 Å². The average Bonchev–Trinajstić information content (AvgIpc) is 2.28. The largest absolute Gasteiger partial charge is 0.469 e. The summed E-state index contributed by atoms with van der Waals surface area (Å²) in [4.78, 5) is 11.1. The molecule has 0 atom stereocenters. The lowest BCUT2D eigenvalue weighted by Crippen LogP contribution is -2.07. The van der Waals surface area contributed by atoms with Gasteiger partial charge in [0.1, 0.15) is 5.75 Å². The van der Waals surface area contributed by atoms with Crippen LogP contribution in [-0.4, -0.2) is 27.0 Å². The molecular formula is C11H14O4. The molecule has 0 amide bonds. The Bertz CT molecular complexity index is 322. The SMILES string of the molecule is COCOc1ccccc1CC(=O)OC. The fourth-order valence-electron chi connectivity index (χ4n) is 1.14. The van der Waals surface area contributed by atoms with Crippen LogP contribution in [0.2, 0.25) is 0 Å². The number of hydrogen-bond donors (Lipinski definition) is 0. The van der Waals surface area contributed by atoms with Crippen molar-refractivity contribution in [3.63, 3.8) is 0 Å². The van der Waals surface area contributed by atoms with Crippen LogP contribution in [0.1, 0.15) is 5.56 Å². The van der Waals surface area contributed by atoms with Gasteiger partial charge >= 0.3 is 5.97 Å². The molecule has 4 heteroatoms. The molecule has 0 unspecified atom stereocenters. The fraction of sp³-hybridized carbons (Fsp3) is 0.364. The third-order valence-electron chi connectivity index (χ3n) is 1.87. The van der Waals surface area contributed by atoms with Crippen LogP contribution in [0.25, 0.3) is 0 Å². The molecule has 0 saturated carbocycles. The van der Waals surface area contributed by atoms with Crippen LogP contribution in [0, 0.1) is 0 Å². The number of benzene rings is 1. The summed E-state index contributed by atoms with van der Waals surface area (Å²) in [6.45, 7) is 0.165. The first-order chi connectivity index (χ1) is 7.27. The van der Waals surface area contributed by atoms with Gasteiger partial charge in [-0.25, -0.2) is 0 Å². The van der Waals surface area contributed by atoms with Gasteiger partial charge in [0.2, 0.25) is 0 Å². The molecule has 15 heavy (non-hydrogen) atoms. The molecule has 82 valence electrons. The first-order valence-corrected chi connectivity index (χ1v) is 4.54. The van der Waals surface area contributed by atoms with Gasteiger partial charge in [-0.15, -0.1) is 0 Å². The van der Waals surface area contributed by atoms with Crippen molar-refractivity contribution in [1.29, 1.82) is 0 Å². The van der Waals surface area contributed by atoms with Gasteiger partial charge in [0, 0.05) is 12.7 Å². The van der Waals surface area contributed by atoms with Crippen LogP contribution in [0.5, 0.6) is 5.75 Å². The van der Waals surface area contributed by atoms with Crippen molar-refractivity contribution in [1.82, 2.24) is 0 Å². The molecule has 0 aliphatic rings. The quantitative estimate of drug-likeness (QED) is 0.544. The van der Waals surface area contributed by atoms with Crippen molar-refractivity contribution < 1.29 is 19.0 Å². The third-order valence-corrected chi connectivity index (χ3v) is 1.87. The Morgan fingerprint density at radius 3 is 2.67 bits per heavy atom. The standard InChI is InChI=1S/C11H14O4/c1-13-8-15-10-6-4-3-5-9(10)7-11(12)14-2/h3-6H,7-8H2,1-2H3. The van der Waals surface area contributed by atoms with Crippen molar-refractivity contribution in [2.24, 2.45) is 0 Å². The summed E-state index contributed by atoms with van der Waals surface area (Å²) in [5.41, 5.74) is 0.793. The predicted molar refractivity (Wildman–Crippen MR) is 54.7 cm³/mol. The van der Waals surface area contributed by atoms with Crippen molar-refractivity contribution in [2.75, 3.05) is 21.0 Å². The first-order valence-electron chi connectivity index (χ1n) is 4.54. The second-order valence-electron chi connectivity index (χ2n) is 2.91. The van der Waals surface area contributed by atoms with Crippen LogP contribution in [0.15, 0.2) is 24.3 Å². The highest BCUT2D eigenvalue weighted by atomic mass is 16.7. The Morgan fingerprint density at radius 2 is 2.00 bits per heavy atom. The monoisotopic (exact) mass is 210 g/mol. The van der Waals surface area contributed by atoms with Gasteiger partial charge in [0.25, 0.3) is 0 Å². The number of carbonyl (C=O) groups is 1. The Morgan fingerprint density at radius 1 is 1.27 bits per heavy atom. The molecule has 1 rings (SSSR count). The van der Waals surface area contributed by atoms with Crippen molar-refractivity contribution in [2.45, 2.75) is 6.42 Å². The zero-order chi connectivity index (χ0) is 11.1. The summed E-state index contributed by atoms with van der Waals surface area (Å²) < 4.78 is 14.7. The Kier molecular flexibility index (Phi) is 4.63. The minimum Gasteiger partial charge on any atom is -0.469 e. The van der Waals surface area contributed by atoms with Crippen LogP contribution < -0.4 is 4.74 Å². The maximum atomic E-state index is 11.1. The number of methoxy groups -OCH3 is 2. The molecular weight excluding hydrogens is 196 g/mol. The van der Waals surface area contributed by atoms with E-state index in [2.05, 4.69) is 4.74 Å². The molecule has 1 aromatic rings. The van der Waals surface area contributed by atoms with Gasteiger partial charge < -0.3 is 14.2 Å². The minimum absolute atomic E-state index is 0.165. The van der Waals surface area contributed by atoms with Gasteiger partial charge in [-0.3, -0.25) is 4.79 Å². The number of para-hydroxylation sites is 1. The van der Waals surface area contributed by atoms with Gasteiger partial charge in [-0.1, -0.05) is 18.2 Å². The van der Waals surface area contributed by atoms with Crippen molar-refractivity contribution in [3.8, 4) is 5.75 Å². The fourth-order valence-corrected chi connectivity index (χ4v) is 1.14. The summed E-state index contributed by atoms with van der Waals surface area (Å²) in [5.74, 6) is 0.355. The summed E-state index contributed by atoms with van der Waals surface area (Å²) in [6.07, 6.45) is 0.205. The predicted octanol–water partition coefficient (Wildman–Crippen LogP) is 1.38. The van der Waals surface area contributed by atoms with E-state index in [0.717, 1.165) is 5.56 Å². The highest BCUT2D eigenvalue weighted by molar-refractivity contribution is 5.73. The molecule has 0 radical (unpaired) electrons. The molecule has 0 aromatic heterocycles. The van der Waals surface area contributed by atoms with E-state index in [1.807, 2.05) is 18.2 Å². The smallest absolute Gasteiger partial charge is 0.310 e. The van der Waals surface area contributed by atoms with E-state index in [1.165, 1.54) is 7.11 Å². The van der Waals surface area contributed by atoms with Crippen LogP contribution in [0.4, 0.5) is 0 Å². The zero-order valence-corrected chi connectivity index (χ0v) is 8.86. The first kappa shape index (κ1) is 11.5. The van der Waals surface area contributed by atoms with Gasteiger partial charge in [-0.2, -0.15) is 0 Å². The maximum absolute atomic E-state index is 11.1. The second-order valence-corrected chi connectivity index (χ2v) is 2.91. The minimum atomic E-state index is -0.288. The van der Waals surface area contributed by atoms with Crippen LogP contribution >= 0.6 is 0 Å². The molecule has 0 heterocycles. The topological polar surface area (TPSA) is 44.8 Å². The highest BCUT2D eigenvalue weighted by Crippen LogP contribution is 2.18. The lowest BCUT2D eigenvalue weighted by molar-refractivity contribution is -0.139. The molecule has 0 aliphatic carbocycles. The summed E-state index contributed by atoms with van der Waals surface area (Å²) in [5, 5.41) is 0. The van der Waals surface area contributed by atoms with Gasteiger partial charge in [-0.05, 0) is 6.07 Å². The second kappa shape index (κ2) is 6.03. The summed E-state index contributed by atoms with van der Waals surface area (Å²) in [7, 11) is 2.91. The molecule has 0 fully saturated rings. The molecule has 0 saturated heterocycles. The molecule has 0 N–H and O–H groups in total. The molecule has 0 spiro atoms. The van der Waals surface area contributed by atoms with Crippen molar-refractivity contribution in [3.05, 3.63) is 29.8 Å².